The van der Waals surface area contributed by atoms with Crippen LogP contribution in [-0.4, -0.2) is 50.3 Å². The zero-order valence-electron chi connectivity index (χ0n) is 10.2. The van der Waals surface area contributed by atoms with E-state index < -0.39 is 25.0 Å². The number of nitrogens with zero attached hydrogens (tertiary/aromatic N) is 3. The molecule has 2 aromatic rings. The molecule has 106 valence electrons. The second kappa shape index (κ2) is 5.97. The Morgan fingerprint density at radius 3 is 2.50 bits per heavy atom. The van der Waals surface area contributed by atoms with Crippen molar-refractivity contribution >= 4 is 11.9 Å². The maximum Gasteiger partial charge on any atom is 0.317 e. The van der Waals surface area contributed by atoms with Crippen LogP contribution in [0, 0.1) is 0 Å². The number of hydrogen-bond donors (Lipinski definition) is 2. The Hall–Kier alpha value is -2.68. The maximum atomic E-state index is 10.7. The molecule has 0 aliphatic carbocycles. The molecule has 9 nitrogen and oxygen atoms in total. The molecule has 0 aromatic carbocycles. The minimum Gasteiger partial charge on any atom is -0.480 e. The van der Waals surface area contributed by atoms with Gasteiger partial charge < -0.3 is 19.2 Å². The van der Waals surface area contributed by atoms with Gasteiger partial charge in [-0.25, -0.2) is 0 Å². The van der Waals surface area contributed by atoms with Gasteiger partial charge in [-0.3, -0.25) is 14.5 Å². The number of carboxylic acids is 2. The van der Waals surface area contributed by atoms with E-state index in [2.05, 4.69) is 10.1 Å². The Balaban J connectivity index is 2.06. The van der Waals surface area contributed by atoms with Crippen LogP contribution in [-0.2, 0) is 16.1 Å². The monoisotopic (exact) mass is 281 g/mol. The highest BCUT2D eigenvalue weighted by molar-refractivity contribution is 5.72. The van der Waals surface area contributed by atoms with Crippen LogP contribution in [0.25, 0.3) is 11.7 Å². The van der Waals surface area contributed by atoms with Crippen LogP contribution in [0.2, 0.25) is 0 Å². The molecule has 0 bridgehead atoms. The highest BCUT2D eigenvalue weighted by atomic mass is 16.5. The summed E-state index contributed by atoms with van der Waals surface area (Å²) in [5.74, 6) is -1.57. The Kier molecular flexibility index (Phi) is 4.11. The minimum absolute atomic E-state index is 0.0528. The van der Waals surface area contributed by atoms with Crippen LogP contribution < -0.4 is 0 Å². The molecule has 0 atom stereocenters. The zero-order valence-corrected chi connectivity index (χ0v) is 10.2. The molecule has 0 unspecified atom stereocenters. The fourth-order valence-electron chi connectivity index (χ4n) is 1.57. The van der Waals surface area contributed by atoms with Gasteiger partial charge in [0.25, 0.3) is 5.89 Å². The van der Waals surface area contributed by atoms with Crippen molar-refractivity contribution in [3.8, 4) is 11.7 Å². The fraction of sp³-hybridized carbons (Fsp3) is 0.273. The predicted molar refractivity (Wildman–Crippen MR) is 62.5 cm³/mol. The Labute approximate surface area is 112 Å². The van der Waals surface area contributed by atoms with E-state index in [0.29, 0.717) is 5.76 Å². The van der Waals surface area contributed by atoms with Gasteiger partial charge in [-0.15, -0.1) is 0 Å². The average Bonchev–Trinajstić information content (AvgIpc) is 2.95. The molecule has 0 radical (unpaired) electrons. The summed E-state index contributed by atoms with van der Waals surface area (Å²) < 4.78 is 10.0. The highest BCUT2D eigenvalue weighted by Gasteiger charge is 2.18. The molecule has 0 aliphatic rings. The molecule has 0 aliphatic heterocycles. The van der Waals surface area contributed by atoms with Crippen LogP contribution in [0.5, 0.6) is 0 Å². The van der Waals surface area contributed by atoms with Crippen LogP contribution in [0.3, 0.4) is 0 Å². The van der Waals surface area contributed by atoms with Gasteiger partial charge in [-0.05, 0) is 12.1 Å². The third-order valence-corrected chi connectivity index (χ3v) is 2.28. The molecule has 2 N–H and O–H groups in total. The van der Waals surface area contributed by atoms with E-state index in [9.17, 15) is 9.59 Å². The van der Waals surface area contributed by atoms with Gasteiger partial charge in [0.2, 0.25) is 0 Å². The molecule has 9 heteroatoms. The van der Waals surface area contributed by atoms with Crippen molar-refractivity contribution in [1.29, 1.82) is 0 Å². The van der Waals surface area contributed by atoms with Gasteiger partial charge in [0.15, 0.2) is 11.6 Å². The van der Waals surface area contributed by atoms with Crippen molar-refractivity contribution in [1.82, 2.24) is 15.0 Å². The summed E-state index contributed by atoms with van der Waals surface area (Å²) in [4.78, 5) is 26.5. The summed E-state index contributed by atoms with van der Waals surface area (Å²) >= 11 is 0. The van der Waals surface area contributed by atoms with Gasteiger partial charge in [0, 0.05) is 0 Å². The molecular formula is C11H11N3O6. The molecular weight excluding hydrogens is 270 g/mol. The molecule has 20 heavy (non-hydrogen) atoms. The molecule has 0 fully saturated rings. The van der Waals surface area contributed by atoms with Crippen molar-refractivity contribution in [2.24, 2.45) is 0 Å². The third-order valence-electron chi connectivity index (χ3n) is 2.28. The first-order chi connectivity index (χ1) is 9.54. The lowest BCUT2D eigenvalue weighted by Crippen LogP contribution is -2.34. The topological polar surface area (TPSA) is 130 Å². The van der Waals surface area contributed by atoms with Crippen molar-refractivity contribution in [3.05, 3.63) is 24.2 Å². The van der Waals surface area contributed by atoms with E-state index >= 15 is 0 Å². The highest BCUT2D eigenvalue weighted by Crippen LogP contribution is 2.17. The molecule has 2 rings (SSSR count). The first-order valence-corrected chi connectivity index (χ1v) is 5.57. The van der Waals surface area contributed by atoms with Crippen LogP contribution in [0.4, 0.5) is 0 Å². The van der Waals surface area contributed by atoms with Crippen molar-refractivity contribution < 1.29 is 28.7 Å². The molecule has 2 heterocycles. The lowest BCUT2D eigenvalue weighted by Gasteiger charge is -2.14. The molecule has 0 saturated heterocycles. The number of hydrogen-bond acceptors (Lipinski definition) is 7. The van der Waals surface area contributed by atoms with Gasteiger partial charge in [0.05, 0.1) is 25.9 Å². The van der Waals surface area contributed by atoms with E-state index in [1.54, 1.807) is 12.1 Å². The van der Waals surface area contributed by atoms with E-state index in [0.717, 1.165) is 0 Å². The van der Waals surface area contributed by atoms with E-state index in [1.807, 2.05) is 0 Å². The van der Waals surface area contributed by atoms with Gasteiger partial charge in [-0.1, -0.05) is 5.16 Å². The van der Waals surface area contributed by atoms with Gasteiger partial charge in [-0.2, -0.15) is 4.98 Å². The summed E-state index contributed by atoms with van der Waals surface area (Å²) in [6, 6.07) is 3.28. The van der Waals surface area contributed by atoms with Gasteiger partial charge >= 0.3 is 11.9 Å². The minimum atomic E-state index is -1.14. The molecule has 0 spiro atoms. The van der Waals surface area contributed by atoms with E-state index in [1.165, 1.54) is 11.2 Å². The SMILES string of the molecule is O=C(O)CN(CC(=O)O)Cc1noc(-c2ccco2)n1. The van der Waals surface area contributed by atoms with Crippen LogP contribution >= 0.6 is 0 Å². The van der Waals surface area contributed by atoms with E-state index in [4.69, 9.17) is 19.2 Å². The smallest absolute Gasteiger partial charge is 0.317 e. The predicted octanol–water partition coefficient (Wildman–Crippen LogP) is 0.301. The summed E-state index contributed by atoms with van der Waals surface area (Å²) in [5, 5.41) is 21.1. The average molecular weight is 281 g/mol. The van der Waals surface area contributed by atoms with Crippen molar-refractivity contribution in [2.45, 2.75) is 6.54 Å². The lowest BCUT2D eigenvalue weighted by atomic mass is 10.4. The number of furan rings is 1. The largest absolute Gasteiger partial charge is 0.480 e. The van der Waals surface area contributed by atoms with Crippen LogP contribution in [0.15, 0.2) is 27.3 Å². The summed E-state index contributed by atoms with van der Waals surface area (Å²) in [6.07, 6.45) is 1.44. The molecule has 0 amide bonds. The summed E-state index contributed by atoms with van der Waals surface area (Å²) in [6.45, 7) is -0.920. The van der Waals surface area contributed by atoms with Crippen molar-refractivity contribution in [3.63, 3.8) is 0 Å². The normalized spacial score (nSPS) is 10.8. The second-order valence-corrected chi connectivity index (χ2v) is 3.93. The number of aliphatic carboxylic acids is 2. The zero-order chi connectivity index (χ0) is 14.5. The first-order valence-electron chi connectivity index (χ1n) is 5.57. The number of rotatable bonds is 7. The summed E-state index contributed by atoms with van der Waals surface area (Å²) in [7, 11) is 0. The van der Waals surface area contributed by atoms with E-state index in [-0.39, 0.29) is 18.3 Å². The Bertz CT molecular complexity index is 575. The van der Waals surface area contributed by atoms with Gasteiger partial charge in [0.1, 0.15) is 0 Å². The summed E-state index contributed by atoms with van der Waals surface area (Å²) in [5.41, 5.74) is 0. The Morgan fingerprint density at radius 1 is 1.25 bits per heavy atom. The quantitative estimate of drug-likeness (QED) is 0.735. The number of aromatic nitrogens is 2. The lowest BCUT2D eigenvalue weighted by molar-refractivity contribution is -0.142. The third kappa shape index (κ3) is 3.65. The maximum absolute atomic E-state index is 10.7. The second-order valence-electron chi connectivity index (χ2n) is 3.93. The number of carboxylic acid groups (broad SMARTS) is 2. The fourth-order valence-corrected chi connectivity index (χ4v) is 1.57. The van der Waals surface area contributed by atoms with Crippen LogP contribution in [0.1, 0.15) is 5.82 Å². The molecule has 0 saturated carbocycles. The first kappa shape index (κ1) is 13.7. The molecule has 2 aromatic heterocycles. The standard InChI is InChI=1S/C11H11N3O6/c15-9(16)5-14(6-10(17)18)4-8-12-11(20-13-8)7-2-1-3-19-7/h1-3H,4-6H2,(H,15,16)(H,17,18). The van der Waals surface area contributed by atoms with Crippen molar-refractivity contribution in [2.75, 3.05) is 13.1 Å². The number of carbonyl (C=O) groups is 2. The Morgan fingerprint density at radius 2 is 1.95 bits per heavy atom.